The summed E-state index contributed by atoms with van der Waals surface area (Å²) in [6.45, 7) is 6.02. The van der Waals surface area contributed by atoms with E-state index in [0.29, 0.717) is 5.69 Å². The Bertz CT molecular complexity index is 427. The molecule has 1 aromatic rings. The predicted octanol–water partition coefficient (Wildman–Crippen LogP) is 2.38. The van der Waals surface area contributed by atoms with Crippen LogP contribution in [-0.2, 0) is 9.47 Å². The van der Waals surface area contributed by atoms with Crippen LogP contribution in [0.5, 0.6) is 0 Å². The number of ether oxygens (including phenoxy) is 2. The van der Waals surface area contributed by atoms with Crippen LogP contribution in [0.3, 0.4) is 0 Å². The fourth-order valence-corrected chi connectivity index (χ4v) is 1.26. The highest BCUT2D eigenvalue weighted by Crippen LogP contribution is 2.13. The van der Waals surface area contributed by atoms with Crippen molar-refractivity contribution in [1.29, 1.82) is 0 Å². The van der Waals surface area contributed by atoms with Crippen molar-refractivity contribution < 1.29 is 18.7 Å². The van der Waals surface area contributed by atoms with E-state index in [1.165, 1.54) is 12.1 Å². The zero-order valence-corrected chi connectivity index (χ0v) is 10.8. The minimum Gasteiger partial charge on any atom is -0.460 e. The van der Waals surface area contributed by atoms with Gasteiger partial charge in [0.1, 0.15) is 12.4 Å². The molecule has 0 aliphatic carbocycles. The molecule has 0 aromatic heterocycles. The third-order valence-corrected chi connectivity index (χ3v) is 2.06. The smallest absolute Gasteiger partial charge is 0.341 e. The summed E-state index contributed by atoms with van der Waals surface area (Å²) in [4.78, 5) is 11.6. The summed E-state index contributed by atoms with van der Waals surface area (Å²) in [6.07, 6.45) is 0. The topological polar surface area (TPSA) is 61.5 Å². The Labute approximate surface area is 106 Å². The van der Waals surface area contributed by atoms with E-state index in [1.807, 2.05) is 20.8 Å². The molecule has 1 rings (SSSR count). The third kappa shape index (κ3) is 4.71. The van der Waals surface area contributed by atoms with Gasteiger partial charge in [0, 0.05) is 5.69 Å². The van der Waals surface area contributed by atoms with Crippen molar-refractivity contribution in [3.63, 3.8) is 0 Å². The molecule has 0 unspecified atom stereocenters. The van der Waals surface area contributed by atoms with E-state index in [0.717, 1.165) is 6.07 Å². The van der Waals surface area contributed by atoms with Gasteiger partial charge in [-0.15, -0.1) is 0 Å². The fourth-order valence-electron chi connectivity index (χ4n) is 1.26. The van der Waals surface area contributed by atoms with Crippen molar-refractivity contribution in [3.8, 4) is 0 Å². The van der Waals surface area contributed by atoms with Crippen LogP contribution < -0.4 is 5.73 Å². The predicted molar refractivity (Wildman–Crippen MR) is 66.8 cm³/mol. The first kappa shape index (κ1) is 14.4. The molecular formula is C13H18FNO3. The van der Waals surface area contributed by atoms with Crippen molar-refractivity contribution in [1.82, 2.24) is 0 Å². The van der Waals surface area contributed by atoms with Gasteiger partial charge in [0.25, 0.3) is 0 Å². The molecule has 2 N–H and O–H groups in total. The van der Waals surface area contributed by atoms with E-state index in [1.54, 1.807) is 0 Å². The Balaban J connectivity index is 2.48. The number of anilines is 1. The number of nitrogens with two attached hydrogens (primary N) is 1. The van der Waals surface area contributed by atoms with Gasteiger partial charge in [-0.2, -0.15) is 0 Å². The molecule has 18 heavy (non-hydrogen) atoms. The standard InChI is InChI=1S/C13H18FNO3/c1-13(2,3)18-7-6-17-12(16)10-8-9(15)4-5-11(10)14/h4-5,8H,6-7,15H2,1-3H3. The molecule has 1 aromatic carbocycles. The molecule has 0 saturated heterocycles. The zero-order valence-electron chi connectivity index (χ0n) is 10.8. The van der Waals surface area contributed by atoms with Gasteiger partial charge in [-0.3, -0.25) is 0 Å². The third-order valence-electron chi connectivity index (χ3n) is 2.06. The molecule has 0 atom stereocenters. The molecule has 0 fully saturated rings. The van der Waals surface area contributed by atoms with Gasteiger partial charge in [0.05, 0.1) is 17.8 Å². The Hall–Kier alpha value is -1.62. The molecule has 0 spiro atoms. The van der Waals surface area contributed by atoms with Gasteiger partial charge >= 0.3 is 5.97 Å². The summed E-state index contributed by atoms with van der Waals surface area (Å²) in [6, 6.07) is 3.77. The monoisotopic (exact) mass is 255 g/mol. The van der Waals surface area contributed by atoms with Crippen molar-refractivity contribution in [3.05, 3.63) is 29.6 Å². The van der Waals surface area contributed by atoms with E-state index in [-0.39, 0.29) is 24.4 Å². The molecule has 100 valence electrons. The van der Waals surface area contributed by atoms with E-state index < -0.39 is 11.8 Å². The lowest BCUT2D eigenvalue weighted by molar-refractivity contribution is -0.0282. The van der Waals surface area contributed by atoms with Crippen molar-refractivity contribution >= 4 is 11.7 Å². The van der Waals surface area contributed by atoms with Gasteiger partial charge in [-0.25, -0.2) is 9.18 Å². The van der Waals surface area contributed by atoms with Crippen LogP contribution in [0, 0.1) is 5.82 Å². The average Bonchev–Trinajstić information content (AvgIpc) is 2.26. The lowest BCUT2D eigenvalue weighted by Gasteiger charge is -2.19. The first-order valence-corrected chi connectivity index (χ1v) is 5.66. The number of rotatable bonds is 4. The SMILES string of the molecule is CC(C)(C)OCCOC(=O)c1cc(N)ccc1F. The number of carbonyl (C=O) groups is 1. The Morgan fingerprint density at radius 2 is 2.00 bits per heavy atom. The maximum absolute atomic E-state index is 13.3. The van der Waals surface area contributed by atoms with Gasteiger partial charge in [0.15, 0.2) is 0 Å². The van der Waals surface area contributed by atoms with Crippen LogP contribution in [0.1, 0.15) is 31.1 Å². The van der Waals surface area contributed by atoms with Crippen LogP contribution in [0.25, 0.3) is 0 Å². The summed E-state index contributed by atoms with van der Waals surface area (Å²) in [5.74, 6) is -1.39. The second kappa shape index (κ2) is 5.82. The molecule has 5 heteroatoms. The lowest BCUT2D eigenvalue weighted by atomic mass is 10.2. The number of hydrogen-bond donors (Lipinski definition) is 1. The summed E-state index contributed by atoms with van der Waals surface area (Å²) in [5.41, 5.74) is 5.33. The molecule has 4 nitrogen and oxygen atoms in total. The molecule has 0 aliphatic heterocycles. The van der Waals surface area contributed by atoms with Gasteiger partial charge in [-0.05, 0) is 39.0 Å². The molecule has 0 saturated carbocycles. The minimum absolute atomic E-state index is 0.0738. The van der Waals surface area contributed by atoms with Crippen LogP contribution >= 0.6 is 0 Å². The highest BCUT2D eigenvalue weighted by molar-refractivity contribution is 5.90. The lowest BCUT2D eigenvalue weighted by Crippen LogP contribution is -2.22. The highest BCUT2D eigenvalue weighted by Gasteiger charge is 2.14. The van der Waals surface area contributed by atoms with Gasteiger partial charge in [-0.1, -0.05) is 0 Å². The van der Waals surface area contributed by atoms with E-state index in [9.17, 15) is 9.18 Å². The quantitative estimate of drug-likeness (QED) is 0.510. The normalized spacial score (nSPS) is 11.3. The van der Waals surface area contributed by atoms with Crippen LogP contribution in [-0.4, -0.2) is 24.8 Å². The number of halogens is 1. The second-order valence-corrected chi connectivity index (χ2v) is 4.84. The molecule has 0 aliphatic rings. The van der Waals surface area contributed by atoms with Crippen molar-refractivity contribution in [2.75, 3.05) is 18.9 Å². The molecular weight excluding hydrogens is 237 g/mol. The first-order valence-electron chi connectivity index (χ1n) is 5.66. The number of esters is 1. The van der Waals surface area contributed by atoms with E-state index in [4.69, 9.17) is 15.2 Å². The Morgan fingerprint density at radius 1 is 1.33 bits per heavy atom. The summed E-state index contributed by atoms with van der Waals surface area (Å²) < 4.78 is 23.6. The fraction of sp³-hybridized carbons (Fsp3) is 0.462. The molecule has 0 radical (unpaired) electrons. The Kier molecular flexibility index (Phi) is 4.67. The van der Waals surface area contributed by atoms with Gasteiger partial charge < -0.3 is 15.2 Å². The maximum Gasteiger partial charge on any atom is 0.341 e. The highest BCUT2D eigenvalue weighted by atomic mass is 19.1. The van der Waals surface area contributed by atoms with Crippen molar-refractivity contribution in [2.24, 2.45) is 0 Å². The minimum atomic E-state index is -0.739. The van der Waals surface area contributed by atoms with Crippen LogP contribution in [0.4, 0.5) is 10.1 Å². The number of nitrogen functional groups attached to an aromatic ring is 1. The average molecular weight is 255 g/mol. The summed E-state index contributed by atoms with van der Waals surface area (Å²) >= 11 is 0. The Morgan fingerprint density at radius 3 is 2.61 bits per heavy atom. The van der Waals surface area contributed by atoms with E-state index in [2.05, 4.69) is 0 Å². The summed E-state index contributed by atoms with van der Waals surface area (Å²) in [7, 11) is 0. The largest absolute Gasteiger partial charge is 0.460 e. The number of hydrogen-bond acceptors (Lipinski definition) is 4. The van der Waals surface area contributed by atoms with Crippen LogP contribution in [0.2, 0.25) is 0 Å². The number of carbonyl (C=O) groups excluding carboxylic acids is 1. The number of benzene rings is 1. The molecule has 0 heterocycles. The van der Waals surface area contributed by atoms with E-state index >= 15 is 0 Å². The zero-order chi connectivity index (χ0) is 13.8. The van der Waals surface area contributed by atoms with Gasteiger partial charge in [0.2, 0.25) is 0 Å². The van der Waals surface area contributed by atoms with Crippen LogP contribution in [0.15, 0.2) is 18.2 Å². The molecule has 0 bridgehead atoms. The maximum atomic E-state index is 13.3. The molecule has 0 amide bonds. The summed E-state index contributed by atoms with van der Waals surface area (Å²) in [5, 5.41) is 0. The first-order chi connectivity index (χ1) is 8.29. The second-order valence-electron chi connectivity index (χ2n) is 4.84. The van der Waals surface area contributed by atoms with Crippen molar-refractivity contribution in [2.45, 2.75) is 26.4 Å².